The van der Waals surface area contributed by atoms with E-state index >= 15 is 4.39 Å². The molecule has 9 nitrogen and oxygen atoms in total. The first kappa shape index (κ1) is 29.3. The number of thiocarbonyl (C=S) groups is 1. The molecule has 14 heteroatoms. The van der Waals surface area contributed by atoms with Crippen LogP contribution in [0.4, 0.5) is 28.9 Å². The number of amides is 1. The topological polar surface area (TPSA) is 99.0 Å². The molecule has 1 spiro atoms. The fraction of sp³-hybridized carbons (Fsp3) is 0.481. The van der Waals surface area contributed by atoms with Gasteiger partial charge in [-0.05, 0) is 56.7 Å². The van der Waals surface area contributed by atoms with Crippen LogP contribution in [-0.4, -0.2) is 82.8 Å². The Morgan fingerprint density at radius 2 is 1.90 bits per heavy atom. The van der Waals surface area contributed by atoms with E-state index in [2.05, 4.69) is 27.1 Å². The molecule has 1 atom stereocenters. The molecule has 0 bridgehead atoms. The summed E-state index contributed by atoms with van der Waals surface area (Å²) in [6, 6.07) is 6.21. The predicted octanol–water partition coefficient (Wildman–Crippen LogP) is 3.00. The number of rotatable bonds is 7. The van der Waals surface area contributed by atoms with Crippen LogP contribution in [-0.2, 0) is 11.0 Å². The number of benzene rings is 1. The first-order valence-electron chi connectivity index (χ1n) is 13.2. The third-order valence-electron chi connectivity index (χ3n) is 8.03. The lowest BCUT2D eigenvalue weighted by molar-refractivity contribution is -0.138. The minimum absolute atomic E-state index is 0.0224. The van der Waals surface area contributed by atoms with Crippen molar-refractivity contribution in [2.45, 2.75) is 37.2 Å². The molecule has 2 aromatic rings. The van der Waals surface area contributed by atoms with E-state index in [0.29, 0.717) is 38.4 Å². The molecule has 2 saturated heterocycles. The number of nitriles is 1. The van der Waals surface area contributed by atoms with Crippen LogP contribution in [0, 0.1) is 17.1 Å². The summed E-state index contributed by atoms with van der Waals surface area (Å²) in [6.45, 7) is 4.91. The second-order valence-corrected chi connectivity index (χ2v) is 10.9. The highest BCUT2D eigenvalue weighted by molar-refractivity contribution is 7.81. The van der Waals surface area contributed by atoms with Gasteiger partial charge in [0.25, 0.3) is 5.91 Å². The van der Waals surface area contributed by atoms with Crippen molar-refractivity contribution in [3.63, 3.8) is 0 Å². The lowest BCUT2D eigenvalue weighted by atomic mass is 9.75. The number of anilines is 2. The Balaban J connectivity index is 1.36. The van der Waals surface area contributed by atoms with Crippen LogP contribution >= 0.6 is 12.2 Å². The standard InChI is InChI=1S/C27H29F4N7O2S/c1-35-9-11-36(12-10-35)8-7-33-23(39)19-4-3-17(14-21(19)28)38-25(41)37(24(40)26(38)5-2-6-26)18-13-20(27(29,30)31)22(15-32)34-16-18/h3-4,13-14,16,23,33,39H,2,5-12H2,1H3. The van der Waals surface area contributed by atoms with Gasteiger partial charge in [-0.15, -0.1) is 0 Å². The van der Waals surface area contributed by atoms with Crippen molar-refractivity contribution in [2.75, 3.05) is 56.1 Å². The molecule has 3 fully saturated rings. The number of piperazine rings is 1. The summed E-state index contributed by atoms with van der Waals surface area (Å²) in [4.78, 5) is 24.2. The van der Waals surface area contributed by atoms with E-state index in [9.17, 15) is 23.1 Å². The number of nitrogens with zero attached hydrogens (tertiary/aromatic N) is 6. The minimum atomic E-state index is -4.87. The van der Waals surface area contributed by atoms with Crippen LogP contribution in [0.1, 0.15) is 42.3 Å². The van der Waals surface area contributed by atoms with Crippen LogP contribution < -0.4 is 15.1 Å². The molecule has 0 radical (unpaired) electrons. The van der Waals surface area contributed by atoms with E-state index in [0.717, 1.165) is 37.3 Å². The summed E-state index contributed by atoms with van der Waals surface area (Å²) in [5, 5.41) is 22.5. The zero-order chi connectivity index (χ0) is 29.5. The predicted molar refractivity (Wildman–Crippen MR) is 146 cm³/mol. The Morgan fingerprint density at radius 3 is 2.49 bits per heavy atom. The van der Waals surface area contributed by atoms with Crippen LogP contribution in [0.25, 0.3) is 0 Å². The third kappa shape index (κ3) is 5.40. The molecule has 3 aliphatic rings. The van der Waals surface area contributed by atoms with Crippen LogP contribution in [0.15, 0.2) is 30.5 Å². The Kier molecular flexibility index (Phi) is 8.01. The zero-order valence-corrected chi connectivity index (χ0v) is 23.1. The molecular formula is C27H29F4N7O2S. The lowest BCUT2D eigenvalue weighted by Crippen LogP contribution is -2.55. The van der Waals surface area contributed by atoms with E-state index in [1.807, 2.05) is 0 Å². The molecule has 1 aliphatic carbocycles. The highest BCUT2D eigenvalue weighted by Crippen LogP contribution is 2.48. The SMILES string of the molecule is CN1CCN(CCNC(O)c2ccc(N3C(=S)N(c4cnc(C#N)c(C(F)(F)F)c4)C(=O)C34CCC4)cc2F)CC1. The highest BCUT2D eigenvalue weighted by atomic mass is 32.1. The summed E-state index contributed by atoms with van der Waals surface area (Å²) >= 11 is 5.57. The number of carbonyl (C=O) groups excluding carboxylic acids is 1. The van der Waals surface area contributed by atoms with Gasteiger partial charge in [0.05, 0.1) is 17.4 Å². The normalized spacial score (nSPS) is 20.4. The van der Waals surface area contributed by atoms with Crippen molar-refractivity contribution in [2.24, 2.45) is 0 Å². The number of alkyl halides is 3. The van der Waals surface area contributed by atoms with Gasteiger partial charge in [0, 0.05) is 50.5 Å². The molecule has 1 aromatic carbocycles. The third-order valence-corrected chi connectivity index (χ3v) is 8.40. The molecule has 2 N–H and O–H groups in total. The van der Waals surface area contributed by atoms with E-state index in [1.165, 1.54) is 29.2 Å². The maximum atomic E-state index is 15.3. The summed E-state index contributed by atoms with van der Waals surface area (Å²) in [5.41, 5.74) is -3.22. The quantitative estimate of drug-likeness (QED) is 0.286. The Bertz CT molecular complexity index is 1390. The zero-order valence-electron chi connectivity index (χ0n) is 22.3. The van der Waals surface area contributed by atoms with Gasteiger partial charge in [-0.2, -0.15) is 18.4 Å². The molecule has 2 aliphatic heterocycles. The van der Waals surface area contributed by atoms with E-state index in [-0.39, 0.29) is 22.1 Å². The number of halogens is 4. The van der Waals surface area contributed by atoms with Gasteiger partial charge >= 0.3 is 6.18 Å². The van der Waals surface area contributed by atoms with Crippen molar-refractivity contribution in [3.05, 3.63) is 53.1 Å². The highest BCUT2D eigenvalue weighted by Gasteiger charge is 2.60. The van der Waals surface area contributed by atoms with Crippen molar-refractivity contribution in [3.8, 4) is 6.07 Å². The number of hydrogen-bond donors (Lipinski definition) is 2. The summed E-state index contributed by atoms with van der Waals surface area (Å²) < 4.78 is 56.1. The number of aliphatic hydroxyl groups excluding tert-OH is 1. The molecule has 1 amide bonds. The Labute approximate surface area is 239 Å². The van der Waals surface area contributed by atoms with Gasteiger partial charge in [0.15, 0.2) is 10.8 Å². The van der Waals surface area contributed by atoms with Gasteiger partial charge in [-0.25, -0.2) is 9.37 Å². The number of aliphatic hydroxyl groups is 1. The van der Waals surface area contributed by atoms with Gasteiger partial charge in [0.1, 0.15) is 23.7 Å². The number of likely N-dealkylation sites (N-methyl/N-ethyl adjacent to an activating group) is 1. The molecule has 41 heavy (non-hydrogen) atoms. The van der Waals surface area contributed by atoms with Gasteiger partial charge in [-0.3, -0.25) is 19.9 Å². The first-order chi connectivity index (χ1) is 19.5. The van der Waals surface area contributed by atoms with Gasteiger partial charge in [-0.1, -0.05) is 6.07 Å². The fourth-order valence-corrected chi connectivity index (χ4v) is 5.98. The van der Waals surface area contributed by atoms with E-state index < -0.39 is 40.9 Å². The number of pyridine rings is 1. The first-order valence-corrected chi connectivity index (χ1v) is 13.6. The van der Waals surface area contributed by atoms with E-state index in [4.69, 9.17) is 17.5 Å². The summed E-state index contributed by atoms with van der Waals surface area (Å²) in [5.74, 6) is -1.26. The maximum absolute atomic E-state index is 15.3. The van der Waals surface area contributed by atoms with Crippen LogP contribution in [0.3, 0.4) is 0 Å². The molecule has 1 aromatic heterocycles. The van der Waals surface area contributed by atoms with Crippen molar-refractivity contribution in [1.82, 2.24) is 20.1 Å². The summed E-state index contributed by atoms with van der Waals surface area (Å²) in [6.07, 6.45) is -3.71. The monoisotopic (exact) mass is 591 g/mol. The van der Waals surface area contributed by atoms with Crippen molar-refractivity contribution in [1.29, 1.82) is 5.26 Å². The minimum Gasteiger partial charge on any atom is -0.374 e. The molecule has 1 saturated carbocycles. The van der Waals surface area contributed by atoms with E-state index in [1.54, 1.807) is 0 Å². The Hall–Kier alpha value is -3.22. The second kappa shape index (κ2) is 11.2. The Morgan fingerprint density at radius 1 is 1.20 bits per heavy atom. The lowest BCUT2D eigenvalue weighted by Gasteiger charge is -2.43. The number of aromatic nitrogens is 1. The average molecular weight is 592 g/mol. The maximum Gasteiger partial charge on any atom is 0.419 e. The van der Waals surface area contributed by atoms with Crippen molar-refractivity contribution < 1.29 is 27.5 Å². The average Bonchev–Trinajstić information content (AvgIpc) is 3.15. The number of carbonyl (C=O) groups is 1. The second-order valence-electron chi connectivity index (χ2n) is 10.6. The smallest absolute Gasteiger partial charge is 0.374 e. The number of hydrogen-bond acceptors (Lipinski definition) is 8. The molecule has 218 valence electrons. The van der Waals surface area contributed by atoms with Crippen LogP contribution in [0.2, 0.25) is 0 Å². The molecule has 3 heterocycles. The fourth-order valence-electron chi connectivity index (χ4n) is 5.51. The molecule has 1 unspecified atom stereocenters. The molecule has 5 rings (SSSR count). The van der Waals surface area contributed by atoms with Gasteiger partial charge < -0.3 is 14.9 Å². The molecular weight excluding hydrogens is 562 g/mol. The summed E-state index contributed by atoms with van der Waals surface area (Å²) in [7, 11) is 2.06. The van der Waals surface area contributed by atoms with Crippen LogP contribution in [0.5, 0.6) is 0 Å². The largest absolute Gasteiger partial charge is 0.419 e. The van der Waals surface area contributed by atoms with Crippen molar-refractivity contribution >= 4 is 34.6 Å². The number of nitrogens with one attached hydrogen (secondary N) is 1. The van der Waals surface area contributed by atoms with Gasteiger partial charge in [0.2, 0.25) is 0 Å².